The standard InChI is InChI=1S/C22H22N2O/c1-16-3-2-11-24(16)12-10-21-13-20-9-8-19(14-22(20)25-21)18-6-4-17(15-23)5-7-18/h4-9,13-14,16H,2-3,10-12H2,1H3/t16-/m0/s1. The summed E-state index contributed by atoms with van der Waals surface area (Å²) in [5, 5.41) is 10.1. The van der Waals surface area contributed by atoms with E-state index in [4.69, 9.17) is 9.68 Å². The first-order valence-electron chi connectivity index (χ1n) is 9.00. The normalized spacial score (nSPS) is 17.8. The molecule has 0 N–H and O–H groups in total. The minimum absolute atomic E-state index is 0.682. The van der Waals surface area contributed by atoms with E-state index >= 15 is 0 Å². The zero-order chi connectivity index (χ0) is 17.2. The third-order valence-corrected chi connectivity index (χ3v) is 5.25. The van der Waals surface area contributed by atoms with Crippen LogP contribution in [-0.2, 0) is 6.42 Å². The van der Waals surface area contributed by atoms with Gasteiger partial charge in [-0.3, -0.25) is 0 Å². The highest BCUT2D eigenvalue weighted by Crippen LogP contribution is 2.27. The van der Waals surface area contributed by atoms with E-state index in [0.717, 1.165) is 40.8 Å². The van der Waals surface area contributed by atoms with Crippen LogP contribution in [-0.4, -0.2) is 24.0 Å². The molecule has 1 fully saturated rings. The molecular weight excluding hydrogens is 308 g/mol. The molecule has 2 aromatic carbocycles. The van der Waals surface area contributed by atoms with Crippen molar-refractivity contribution >= 4 is 11.0 Å². The molecule has 25 heavy (non-hydrogen) atoms. The van der Waals surface area contributed by atoms with E-state index in [1.165, 1.54) is 19.4 Å². The third kappa shape index (κ3) is 3.31. The van der Waals surface area contributed by atoms with Crippen LogP contribution in [0.2, 0.25) is 0 Å². The first kappa shape index (κ1) is 15.9. The zero-order valence-corrected chi connectivity index (χ0v) is 14.5. The van der Waals surface area contributed by atoms with E-state index in [1.807, 2.05) is 24.3 Å². The van der Waals surface area contributed by atoms with Crippen molar-refractivity contribution in [1.82, 2.24) is 4.90 Å². The summed E-state index contributed by atoms with van der Waals surface area (Å²) >= 11 is 0. The van der Waals surface area contributed by atoms with Crippen LogP contribution in [0.4, 0.5) is 0 Å². The maximum absolute atomic E-state index is 8.92. The number of furan rings is 1. The SMILES string of the molecule is C[C@H]1CCCN1CCc1cc2ccc(-c3ccc(C#N)cc3)cc2o1. The van der Waals surface area contributed by atoms with E-state index < -0.39 is 0 Å². The van der Waals surface area contributed by atoms with Crippen molar-refractivity contribution in [2.45, 2.75) is 32.2 Å². The average molecular weight is 330 g/mol. The van der Waals surface area contributed by atoms with Gasteiger partial charge in [0.1, 0.15) is 11.3 Å². The highest BCUT2D eigenvalue weighted by atomic mass is 16.3. The topological polar surface area (TPSA) is 40.2 Å². The van der Waals surface area contributed by atoms with E-state index in [9.17, 15) is 0 Å². The fraction of sp³-hybridized carbons (Fsp3) is 0.318. The summed E-state index contributed by atoms with van der Waals surface area (Å²) in [6, 6.07) is 19.0. The second kappa shape index (κ2) is 6.74. The number of benzene rings is 2. The molecule has 0 spiro atoms. The molecule has 1 atom stereocenters. The van der Waals surface area contributed by atoms with Crippen LogP contribution >= 0.6 is 0 Å². The predicted molar refractivity (Wildman–Crippen MR) is 100 cm³/mol. The van der Waals surface area contributed by atoms with Gasteiger partial charge < -0.3 is 9.32 Å². The van der Waals surface area contributed by atoms with Gasteiger partial charge in [-0.15, -0.1) is 0 Å². The first-order valence-corrected chi connectivity index (χ1v) is 9.00. The highest BCUT2D eigenvalue weighted by molar-refractivity contribution is 5.83. The van der Waals surface area contributed by atoms with Crippen LogP contribution in [0.5, 0.6) is 0 Å². The maximum atomic E-state index is 8.92. The van der Waals surface area contributed by atoms with Gasteiger partial charge in [-0.05, 0) is 61.7 Å². The van der Waals surface area contributed by atoms with Crippen LogP contribution < -0.4 is 0 Å². The molecular formula is C22H22N2O. The smallest absolute Gasteiger partial charge is 0.134 e. The summed E-state index contributed by atoms with van der Waals surface area (Å²) in [7, 11) is 0. The Morgan fingerprint density at radius 3 is 2.64 bits per heavy atom. The lowest BCUT2D eigenvalue weighted by atomic mass is 10.0. The molecule has 3 heteroatoms. The molecule has 1 aliphatic rings. The molecule has 3 nitrogen and oxygen atoms in total. The van der Waals surface area contributed by atoms with Gasteiger partial charge >= 0.3 is 0 Å². The summed E-state index contributed by atoms with van der Waals surface area (Å²) < 4.78 is 6.09. The molecule has 0 radical (unpaired) electrons. The number of nitrogens with zero attached hydrogens (tertiary/aromatic N) is 2. The Bertz CT molecular complexity index is 917. The second-order valence-electron chi connectivity index (χ2n) is 6.93. The molecule has 3 aromatic rings. The van der Waals surface area contributed by atoms with Crippen molar-refractivity contribution in [2.24, 2.45) is 0 Å². The largest absolute Gasteiger partial charge is 0.461 e. The molecule has 0 aliphatic carbocycles. The third-order valence-electron chi connectivity index (χ3n) is 5.25. The first-order chi connectivity index (χ1) is 12.2. The number of hydrogen-bond donors (Lipinski definition) is 0. The summed E-state index contributed by atoms with van der Waals surface area (Å²) in [5.41, 5.74) is 3.84. The number of likely N-dealkylation sites (tertiary alicyclic amines) is 1. The van der Waals surface area contributed by atoms with Crippen LogP contribution in [0.3, 0.4) is 0 Å². The van der Waals surface area contributed by atoms with Gasteiger partial charge in [0.25, 0.3) is 0 Å². The summed E-state index contributed by atoms with van der Waals surface area (Å²) in [5.74, 6) is 1.06. The molecule has 126 valence electrons. The number of fused-ring (bicyclic) bond motifs is 1. The fourth-order valence-electron chi connectivity index (χ4n) is 3.70. The van der Waals surface area contributed by atoms with Gasteiger partial charge in [0.2, 0.25) is 0 Å². The summed E-state index contributed by atoms with van der Waals surface area (Å²) in [4.78, 5) is 2.55. The van der Waals surface area contributed by atoms with Crippen LogP contribution in [0.1, 0.15) is 31.1 Å². The molecule has 0 unspecified atom stereocenters. The van der Waals surface area contributed by atoms with Gasteiger partial charge in [-0.25, -0.2) is 0 Å². The van der Waals surface area contributed by atoms with Gasteiger partial charge in [-0.1, -0.05) is 24.3 Å². The monoisotopic (exact) mass is 330 g/mol. The van der Waals surface area contributed by atoms with Crippen LogP contribution in [0.25, 0.3) is 22.1 Å². The Morgan fingerprint density at radius 2 is 1.92 bits per heavy atom. The van der Waals surface area contributed by atoms with Crippen LogP contribution in [0.15, 0.2) is 52.9 Å². The predicted octanol–water partition coefficient (Wildman–Crippen LogP) is 5.00. The Kier molecular flexibility index (Phi) is 4.29. The van der Waals surface area contributed by atoms with Crippen molar-refractivity contribution in [1.29, 1.82) is 5.26 Å². The Labute approximate surface area is 148 Å². The maximum Gasteiger partial charge on any atom is 0.134 e. The Hall–Kier alpha value is -2.57. The van der Waals surface area contributed by atoms with E-state index in [-0.39, 0.29) is 0 Å². The fourth-order valence-corrected chi connectivity index (χ4v) is 3.70. The Morgan fingerprint density at radius 1 is 1.12 bits per heavy atom. The Balaban J connectivity index is 1.53. The molecule has 2 heterocycles. The van der Waals surface area contributed by atoms with Gasteiger partial charge in [0, 0.05) is 24.4 Å². The van der Waals surface area contributed by atoms with Crippen molar-refractivity contribution in [3.63, 3.8) is 0 Å². The van der Waals surface area contributed by atoms with Crippen molar-refractivity contribution in [2.75, 3.05) is 13.1 Å². The average Bonchev–Trinajstić information content (AvgIpc) is 3.24. The molecule has 1 aliphatic heterocycles. The van der Waals surface area contributed by atoms with Gasteiger partial charge in [-0.2, -0.15) is 5.26 Å². The van der Waals surface area contributed by atoms with Gasteiger partial charge in [0.15, 0.2) is 0 Å². The number of hydrogen-bond acceptors (Lipinski definition) is 3. The number of nitriles is 1. The van der Waals surface area contributed by atoms with Crippen molar-refractivity contribution in [3.8, 4) is 17.2 Å². The molecule has 0 saturated carbocycles. The highest BCUT2D eigenvalue weighted by Gasteiger charge is 2.20. The molecule has 0 bridgehead atoms. The minimum Gasteiger partial charge on any atom is -0.461 e. The zero-order valence-electron chi connectivity index (χ0n) is 14.5. The second-order valence-corrected chi connectivity index (χ2v) is 6.93. The molecule has 1 saturated heterocycles. The summed E-state index contributed by atoms with van der Waals surface area (Å²) in [6.45, 7) is 4.60. The van der Waals surface area contributed by atoms with E-state index in [0.29, 0.717) is 11.6 Å². The minimum atomic E-state index is 0.682. The van der Waals surface area contributed by atoms with Crippen molar-refractivity contribution < 1.29 is 4.42 Å². The summed E-state index contributed by atoms with van der Waals surface area (Å²) in [6.07, 6.45) is 3.59. The molecule has 0 amide bonds. The van der Waals surface area contributed by atoms with Gasteiger partial charge in [0.05, 0.1) is 11.6 Å². The lowest BCUT2D eigenvalue weighted by Gasteiger charge is -2.19. The molecule has 1 aromatic heterocycles. The number of rotatable bonds is 4. The van der Waals surface area contributed by atoms with Crippen molar-refractivity contribution in [3.05, 3.63) is 59.9 Å². The quantitative estimate of drug-likeness (QED) is 0.676. The van der Waals surface area contributed by atoms with Crippen LogP contribution in [0, 0.1) is 11.3 Å². The lowest BCUT2D eigenvalue weighted by Crippen LogP contribution is -2.28. The lowest BCUT2D eigenvalue weighted by molar-refractivity contribution is 0.266. The van der Waals surface area contributed by atoms with E-state index in [2.05, 4.69) is 42.2 Å². The van der Waals surface area contributed by atoms with E-state index in [1.54, 1.807) is 0 Å². The molecule has 4 rings (SSSR count).